The first-order chi connectivity index (χ1) is 10.0. The summed E-state index contributed by atoms with van der Waals surface area (Å²) in [6.07, 6.45) is 3.08. The Kier molecular flexibility index (Phi) is 5.38. The van der Waals surface area contributed by atoms with Crippen molar-refractivity contribution in [1.82, 2.24) is 9.88 Å². The van der Waals surface area contributed by atoms with Crippen LogP contribution in [0.15, 0.2) is 21.5 Å². The summed E-state index contributed by atoms with van der Waals surface area (Å²) in [5.74, 6) is 0.791. The number of hydrogen-bond acceptors (Lipinski definition) is 7. The van der Waals surface area contributed by atoms with Gasteiger partial charge in [-0.3, -0.25) is 4.90 Å². The lowest BCUT2D eigenvalue weighted by Crippen LogP contribution is -2.38. The van der Waals surface area contributed by atoms with Crippen molar-refractivity contribution in [1.29, 1.82) is 0 Å². The van der Waals surface area contributed by atoms with Crippen molar-refractivity contribution in [2.45, 2.75) is 4.90 Å². The Bertz CT molecular complexity index is 593. The number of rotatable bonds is 5. The molecule has 2 N–H and O–H groups in total. The number of pyridine rings is 1. The van der Waals surface area contributed by atoms with Gasteiger partial charge < -0.3 is 15.2 Å². The summed E-state index contributed by atoms with van der Waals surface area (Å²) in [6.45, 7) is 4.74. The van der Waals surface area contributed by atoms with Crippen molar-refractivity contribution >= 4 is 15.5 Å². The highest BCUT2D eigenvalue weighted by Crippen LogP contribution is 2.22. The Labute approximate surface area is 125 Å². The minimum absolute atomic E-state index is 0.230. The Balaban J connectivity index is 1.98. The molecule has 0 bridgehead atoms. The van der Waals surface area contributed by atoms with Gasteiger partial charge in [0.05, 0.1) is 34.0 Å². The summed E-state index contributed by atoms with van der Waals surface area (Å²) >= 11 is 0. The topological polar surface area (TPSA) is 90.0 Å². The monoisotopic (exact) mass is 314 g/mol. The molecule has 7 nitrogen and oxygen atoms in total. The van der Waals surface area contributed by atoms with Crippen LogP contribution in [0.2, 0.25) is 0 Å². The first kappa shape index (κ1) is 16.0. The van der Waals surface area contributed by atoms with Crippen LogP contribution in [-0.2, 0) is 14.5 Å². The van der Waals surface area contributed by atoms with E-state index in [4.69, 9.17) is 15.2 Å². The molecule has 0 aromatic carbocycles. The lowest BCUT2D eigenvalue weighted by atomic mass is 10.4. The highest BCUT2D eigenvalue weighted by Gasteiger charge is 2.13. The van der Waals surface area contributed by atoms with Gasteiger partial charge in [-0.25, -0.2) is 13.6 Å². The number of nitrogens with two attached hydrogens (primary N) is 1. The van der Waals surface area contributed by atoms with Crippen LogP contribution in [0, 0.1) is 0 Å². The molecule has 1 aromatic rings. The summed E-state index contributed by atoms with van der Waals surface area (Å²) < 4.78 is 27.1. The number of aromatic nitrogens is 1. The van der Waals surface area contributed by atoms with E-state index in [1.54, 1.807) is 12.3 Å². The molecule has 0 amide bonds. The maximum atomic E-state index is 12.3. The molecule has 1 unspecified atom stereocenters. The van der Waals surface area contributed by atoms with Gasteiger partial charge in [-0.1, -0.05) is 0 Å². The maximum Gasteiger partial charge on any atom is 0.140 e. The standard InChI is InChI=1S/C13H22N4O3S/c1-15-21(2,18)12-9-11(10-16-13(12)14)20-8-5-17-3-6-19-7-4-17/h9-10H,3-8H2,1-2H3,(H2,14,16). The molecule has 2 heterocycles. The molecule has 1 aromatic heterocycles. The number of ether oxygens (including phenoxy) is 2. The largest absolute Gasteiger partial charge is 0.491 e. The van der Waals surface area contributed by atoms with Gasteiger partial charge in [0, 0.05) is 39.0 Å². The third-order valence-corrected chi connectivity index (χ3v) is 5.23. The average molecular weight is 314 g/mol. The summed E-state index contributed by atoms with van der Waals surface area (Å²) in [5.41, 5.74) is 5.77. The minimum atomic E-state index is -2.52. The van der Waals surface area contributed by atoms with Gasteiger partial charge in [0.1, 0.15) is 18.2 Å². The zero-order valence-electron chi connectivity index (χ0n) is 12.4. The zero-order valence-corrected chi connectivity index (χ0v) is 13.3. The third-order valence-electron chi connectivity index (χ3n) is 3.39. The number of nitrogen functional groups attached to an aromatic ring is 1. The van der Waals surface area contributed by atoms with Crippen LogP contribution in [-0.4, -0.2) is 66.9 Å². The van der Waals surface area contributed by atoms with Crippen LogP contribution in [0.5, 0.6) is 5.75 Å². The fourth-order valence-corrected chi connectivity index (χ4v) is 3.01. The highest BCUT2D eigenvalue weighted by molar-refractivity contribution is 7.93. The van der Waals surface area contributed by atoms with Gasteiger partial charge >= 0.3 is 0 Å². The Morgan fingerprint density at radius 1 is 1.52 bits per heavy atom. The Morgan fingerprint density at radius 3 is 2.90 bits per heavy atom. The molecule has 0 saturated carbocycles. The molecule has 0 spiro atoms. The molecule has 1 aliphatic heterocycles. The fraction of sp³-hybridized carbons (Fsp3) is 0.615. The van der Waals surface area contributed by atoms with Crippen LogP contribution >= 0.6 is 0 Å². The first-order valence-corrected chi connectivity index (χ1v) is 8.74. The second-order valence-corrected chi connectivity index (χ2v) is 7.25. The molecule has 118 valence electrons. The lowest BCUT2D eigenvalue weighted by molar-refractivity contribution is 0.0322. The molecular weight excluding hydrogens is 292 g/mol. The number of anilines is 1. The number of morpholine rings is 1. The second kappa shape index (κ2) is 7.06. The van der Waals surface area contributed by atoms with Gasteiger partial charge in [0.25, 0.3) is 0 Å². The molecule has 1 atom stereocenters. The summed E-state index contributed by atoms with van der Waals surface area (Å²) in [5, 5.41) is 0. The Morgan fingerprint density at radius 2 is 2.24 bits per heavy atom. The maximum absolute atomic E-state index is 12.3. The SMILES string of the molecule is CN=S(C)(=O)c1cc(OCCN2CCOCC2)cnc1N. The van der Waals surface area contributed by atoms with Gasteiger partial charge in [0.2, 0.25) is 0 Å². The fourth-order valence-electron chi connectivity index (χ4n) is 2.04. The van der Waals surface area contributed by atoms with E-state index in [9.17, 15) is 4.21 Å². The van der Waals surface area contributed by atoms with E-state index in [1.807, 2.05) is 0 Å². The van der Waals surface area contributed by atoms with E-state index in [0.29, 0.717) is 17.3 Å². The Hall–Kier alpha value is -1.38. The van der Waals surface area contributed by atoms with Crippen LogP contribution in [0.3, 0.4) is 0 Å². The van der Waals surface area contributed by atoms with Gasteiger partial charge in [-0.2, -0.15) is 0 Å². The molecular formula is C13H22N4O3S. The molecule has 0 aliphatic carbocycles. The van der Waals surface area contributed by atoms with Crippen molar-refractivity contribution in [2.24, 2.45) is 4.36 Å². The van der Waals surface area contributed by atoms with Crippen molar-refractivity contribution in [3.63, 3.8) is 0 Å². The van der Waals surface area contributed by atoms with Crippen molar-refractivity contribution in [2.75, 3.05) is 58.5 Å². The van der Waals surface area contributed by atoms with E-state index in [2.05, 4.69) is 14.2 Å². The molecule has 0 radical (unpaired) electrons. The number of hydrogen-bond donors (Lipinski definition) is 1. The van der Waals surface area contributed by atoms with Crippen molar-refractivity contribution in [3.8, 4) is 5.75 Å². The highest BCUT2D eigenvalue weighted by atomic mass is 32.2. The van der Waals surface area contributed by atoms with Gasteiger partial charge in [-0.05, 0) is 0 Å². The van der Waals surface area contributed by atoms with E-state index in [1.165, 1.54) is 13.3 Å². The van der Waals surface area contributed by atoms with Crippen LogP contribution < -0.4 is 10.5 Å². The van der Waals surface area contributed by atoms with Crippen molar-refractivity contribution in [3.05, 3.63) is 12.3 Å². The van der Waals surface area contributed by atoms with Crippen LogP contribution in [0.1, 0.15) is 0 Å². The van der Waals surface area contributed by atoms with E-state index in [-0.39, 0.29) is 5.82 Å². The van der Waals surface area contributed by atoms with Gasteiger partial charge in [-0.15, -0.1) is 0 Å². The minimum Gasteiger partial charge on any atom is -0.491 e. The average Bonchev–Trinajstić information content (AvgIpc) is 2.50. The quantitative estimate of drug-likeness (QED) is 0.849. The molecule has 1 fully saturated rings. The lowest BCUT2D eigenvalue weighted by Gasteiger charge is -2.26. The summed E-state index contributed by atoms with van der Waals surface area (Å²) in [4.78, 5) is 6.74. The van der Waals surface area contributed by atoms with Crippen molar-refractivity contribution < 1.29 is 13.7 Å². The normalized spacial score (nSPS) is 19.0. The molecule has 21 heavy (non-hydrogen) atoms. The second-order valence-electron chi connectivity index (χ2n) is 4.84. The molecule has 1 aliphatic rings. The molecule has 1 saturated heterocycles. The van der Waals surface area contributed by atoms with Gasteiger partial charge in [0.15, 0.2) is 0 Å². The summed E-state index contributed by atoms with van der Waals surface area (Å²) in [6, 6.07) is 1.66. The predicted octanol–water partition coefficient (Wildman–Crippen LogP) is 0.461. The number of nitrogens with zero attached hydrogens (tertiary/aromatic N) is 3. The molecule has 2 rings (SSSR count). The molecule has 8 heteroatoms. The third kappa shape index (κ3) is 4.29. The van der Waals surface area contributed by atoms with E-state index in [0.717, 1.165) is 32.8 Å². The van der Waals surface area contributed by atoms with E-state index < -0.39 is 9.73 Å². The summed E-state index contributed by atoms with van der Waals surface area (Å²) in [7, 11) is -1.01. The predicted molar refractivity (Wildman–Crippen MR) is 82.1 cm³/mol. The first-order valence-electron chi connectivity index (χ1n) is 6.81. The van der Waals surface area contributed by atoms with Crippen LogP contribution in [0.25, 0.3) is 0 Å². The zero-order chi connectivity index (χ0) is 15.3. The van der Waals surface area contributed by atoms with E-state index >= 15 is 0 Å². The smallest absolute Gasteiger partial charge is 0.140 e. The van der Waals surface area contributed by atoms with Crippen LogP contribution in [0.4, 0.5) is 5.82 Å².